The molecule has 0 aliphatic carbocycles. The van der Waals surface area contributed by atoms with E-state index in [9.17, 15) is 19.0 Å². The standard InChI is InChI=1S/C76H141N2O7P/c1-7-10-13-16-19-22-25-28-30-32-34-36-37-38-39-40-41-43-45-47-49-51-54-57-60-63-66-69-76(80)85-74(67-64-61-58-55-52-27-24-21-18-15-12-9-3)73(72-84-86(81,82)83-71-70-78(4,5)6)77-75(79)68-65-62-59-56-53-50-48-46-44-42-35-33-31-29-26-23-20-17-14-11-8-2/h19-20,22-23,28-31,35,42,64,67,73-74H,7-18,21,24-27,32-34,36-41,43-63,65-66,68-72H2,1-6H3,(H-,77,79,81,82)/p+1/b22-19-,23-20-,30-28-,31-29-,42-35-,67-64-. The van der Waals surface area contributed by atoms with Gasteiger partial charge in [0.2, 0.25) is 5.91 Å². The second-order valence-electron chi connectivity index (χ2n) is 26.1. The lowest BCUT2D eigenvalue weighted by atomic mass is 10.0. The van der Waals surface area contributed by atoms with Gasteiger partial charge in [-0.05, 0) is 102 Å². The molecule has 10 heteroatoms. The van der Waals surface area contributed by atoms with Gasteiger partial charge < -0.3 is 19.4 Å². The number of quaternary nitrogens is 1. The van der Waals surface area contributed by atoms with Crippen molar-refractivity contribution in [3.63, 3.8) is 0 Å². The largest absolute Gasteiger partial charge is 0.472 e. The van der Waals surface area contributed by atoms with E-state index in [4.69, 9.17) is 13.8 Å². The van der Waals surface area contributed by atoms with Gasteiger partial charge in [0, 0.05) is 12.8 Å². The quantitative estimate of drug-likeness (QED) is 0.0205. The number of likely N-dealkylation sites (N-methyl/N-ethyl adjacent to an activating group) is 1. The Bertz CT molecular complexity index is 1700. The zero-order chi connectivity index (χ0) is 62.8. The Kier molecular flexibility index (Phi) is 63.5. The SMILES string of the molecule is CCCCC/C=C\C/C=C\C/C=C\CCCCCCCCCCC(=O)NC(COP(=O)(O)OCC[N+](C)(C)C)C(/C=C\CCCCCCCCCCCC)OC(=O)CCCCCCCCCCCCCCCCCCC/C=C\C/C=C\CCCCC. The smallest absolute Gasteiger partial charge is 0.456 e. The first kappa shape index (κ1) is 83.5. The Labute approximate surface area is 533 Å². The molecule has 9 nitrogen and oxygen atoms in total. The molecule has 0 aliphatic rings. The Morgan fingerprint density at radius 3 is 1.08 bits per heavy atom. The van der Waals surface area contributed by atoms with Crippen molar-refractivity contribution >= 4 is 19.7 Å². The van der Waals surface area contributed by atoms with Gasteiger partial charge in [0.25, 0.3) is 0 Å². The maximum Gasteiger partial charge on any atom is 0.472 e. The van der Waals surface area contributed by atoms with Crippen LogP contribution in [0.2, 0.25) is 0 Å². The fourth-order valence-corrected chi connectivity index (χ4v) is 11.4. The van der Waals surface area contributed by atoms with Crippen molar-refractivity contribution in [1.82, 2.24) is 5.32 Å². The van der Waals surface area contributed by atoms with E-state index in [0.717, 1.165) is 89.9 Å². The molecule has 0 rings (SSSR count). The summed E-state index contributed by atoms with van der Waals surface area (Å²) < 4.78 is 30.9. The van der Waals surface area contributed by atoms with Crippen molar-refractivity contribution in [1.29, 1.82) is 0 Å². The van der Waals surface area contributed by atoms with E-state index >= 15 is 0 Å². The number of hydrogen-bond donors (Lipinski definition) is 2. The lowest BCUT2D eigenvalue weighted by molar-refractivity contribution is -0.870. The van der Waals surface area contributed by atoms with Crippen LogP contribution in [0.1, 0.15) is 348 Å². The van der Waals surface area contributed by atoms with Crippen LogP contribution in [0.3, 0.4) is 0 Å². The summed E-state index contributed by atoms with van der Waals surface area (Å²) in [5, 5.41) is 3.07. The lowest BCUT2D eigenvalue weighted by Crippen LogP contribution is -2.47. The van der Waals surface area contributed by atoms with Crippen molar-refractivity contribution < 1.29 is 37.3 Å². The fraction of sp³-hybridized carbons (Fsp3) is 0.816. The van der Waals surface area contributed by atoms with Gasteiger partial charge >= 0.3 is 13.8 Å². The molecule has 0 aromatic carbocycles. The molecule has 0 fully saturated rings. The van der Waals surface area contributed by atoms with Crippen molar-refractivity contribution in [2.45, 2.75) is 360 Å². The van der Waals surface area contributed by atoms with Gasteiger partial charge in [0.05, 0.1) is 33.8 Å². The highest BCUT2D eigenvalue weighted by Crippen LogP contribution is 2.43. The molecular weight excluding hydrogens is 1080 g/mol. The molecule has 1 amide bonds. The van der Waals surface area contributed by atoms with Gasteiger partial charge in [-0.15, -0.1) is 0 Å². The van der Waals surface area contributed by atoms with Gasteiger partial charge in [0.15, 0.2) is 0 Å². The van der Waals surface area contributed by atoms with Crippen molar-refractivity contribution in [3.8, 4) is 0 Å². The number of phosphoric ester groups is 1. The zero-order valence-electron chi connectivity index (χ0n) is 57.6. The molecule has 0 spiro atoms. The average molecular weight is 1230 g/mol. The highest BCUT2D eigenvalue weighted by atomic mass is 31.2. The summed E-state index contributed by atoms with van der Waals surface area (Å²) in [7, 11) is 1.50. The van der Waals surface area contributed by atoms with Crippen LogP contribution in [0.4, 0.5) is 0 Å². The summed E-state index contributed by atoms with van der Waals surface area (Å²) in [6, 6.07) is -0.855. The molecule has 0 aromatic rings. The van der Waals surface area contributed by atoms with E-state index in [1.54, 1.807) is 0 Å². The van der Waals surface area contributed by atoms with Crippen LogP contribution in [0.5, 0.6) is 0 Å². The van der Waals surface area contributed by atoms with Gasteiger partial charge in [-0.3, -0.25) is 18.6 Å². The molecule has 0 bridgehead atoms. The number of phosphoric acid groups is 1. The molecule has 0 saturated heterocycles. The van der Waals surface area contributed by atoms with E-state index in [0.29, 0.717) is 23.9 Å². The maximum atomic E-state index is 13.6. The second-order valence-corrected chi connectivity index (χ2v) is 27.6. The molecule has 3 atom stereocenters. The van der Waals surface area contributed by atoms with E-state index < -0.39 is 20.0 Å². The van der Waals surface area contributed by atoms with Crippen LogP contribution in [-0.2, 0) is 27.9 Å². The monoisotopic (exact) mass is 1230 g/mol. The molecule has 2 N–H and O–H groups in total. The van der Waals surface area contributed by atoms with E-state index in [-0.39, 0.29) is 25.1 Å². The third-order valence-electron chi connectivity index (χ3n) is 16.4. The van der Waals surface area contributed by atoms with Crippen molar-refractivity contribution in [3.05, 3.63) is 72.9 Å². The highest BCUT2D eigenvalue weighted by molar-refractivity contribution is 7.47. The Balaban J connectivity index is 5.00. The average Bonchev–Trinajstić information content (AvgIpc) is 3.66. The van der Waals surface area contributed by atoms with E-state index in [2.05, 4.69) is 86.8 Å². The third-order valence-corrected chi connectivity index (χ3v) is 17.4. The first-order chi connectivity index (χ1) is 41.9. The Morgan fingerprint density at radius 2 is 0.709 bits per heavy atom. The zero-order valence-corrected chi connectivity index (χ0v) is 58.5. The summed E-state index contributed by atoms with van der Waals surface area (Å²) in [6.07, 6.45) is 86.3. The maximum absolute atomic E-state index is 13.6. The number of nitrogens with zero attached hydrogens (tertiary/aromatic N) is 1. The summed E-state index contributed by atoms with van der Waals surface area (Å²) in [6.45, 7) is 6.99. The highest BCUT2D eigenvalue weighted by Gasteiger charge is 2.30. The van der Waals surface area contributed by atoms with Crippen molar-refractivity contribution in [2.24, 2.45) is 0 Å². The number of hydrogen-bond acceptors (Lipinski definition) is 6. The van der Waals surface area contributed by atoms with E-state index in [1.165, 1.54) is 225 Å². The van der Waals surface area contributed by atoms with Crippen LogP contribution in [-0.4, -0.2) is 74.3 Å². The first-order valence-corrected chi connectivity index (χ1v) is 38.3. The number of amides is 1. The first-order valence-electron chi connectivity index (χ1n) is 36.8. The summed E-state index contributed by atoms with van der Waals surface area (Å²) >= 11 is 0. The topological polar surface area (TPSA) is 111 Å². The predicted molar refractivity (Wildman–Crippen MR) is 374 cm³/mol. The molecule has 86 heavy (non-hydrogen) atoms. The third kappa shape index (κ3) is 65.9. The lowest BCUT2D eigenvalue weighted by Gasteiger charge is -2.27. The number of carbonyl (C=O) groups excluding carboxylic acids is 2. The molecule has 3 unspecified atom stereocenters. The van der Waals surface area contributed by atoms with Crippen molar-refractivity contribution in [2.75, 3.05) is 40.9 Å². The molecule has 0 aromatic heterocycles. The molecular formula is C76H142N2O7P+. The summed E-state index contributed by atoms with van der Waals surface area (Å²) in [5.74, 6) is -0.501. The normalized spacial score (nSPS) is 13.9. The Morgan fingerprint density at radius 1 is 0.407 bits per heavy atom. The second kappa shape index (κ2) is 65.4. The molecule has 0 aliphatic heterocycles. The van der Waals surface area contributed by atoms with Crippen LogP contribution >= 0.6 is 7.82 Å². The van der Waals surface area contributed by atoms with E-state index in [1.807, 2.05) is 33.3 Å². The number of rotatable bonds is 67. The molecule has 0 radical (unpaired) electrons. The summed E-state index contributed by atoms with van der Waals surface area (Å²) in [4.78, 5) is 37.9. The van der Waals surface area contributed by atoms with Gasteiger partial charge in [-0.1, -0.05) is 306 Å². The minimum absolute atomic E-state index is 0.0380. The number of carbonyl (C=O) groups is 2. The summed E-state index contributed by atoms with van der Waals surface area (Å²) in [5.41, 5.74) is 0. The number of esters is 1. The Hall–Kier alpha value is -2.55. The van der Waals surface area contributed by atoms with Crippen LogP contribution in [0, 0.1) is 0 Å². The number of ether oxygens (including phenoxy) is 1. The number of unbranched alkanes of at least 4 members (excludes halogenated alkanes) is 41. The minimum Gasteiger partial charge on any atom is -0.456 e. The molecule has 502 valence electrons. The minimum atomic E-state index is -4.46. The van der Waals surface area contributed by atoms with Gasteiger partial charge in [0.1, 0.15) is 19.3 Å². The van der Waals surface area contributed by atoms with Gasteiger partial charge in [-0.25, -0.2) is 4.57 Å². The molecule has 0 heterocycles. The number of allylic oxidation sites excluding steroid dienone is 11. The predicted octanol–water partition coefficient (Wildman–Crippen LogP) is 23.5. The van der Waals surface area contributed by atoms with Crippen LogP contribution in [0.25, 0.3) is 0 Å². The van der Waals surface area contributed by atoms with Crippen LogP contribution < -0.4 is 5.32 Å². The van der Waals surface area contributed by atoms with Gasteiger partial charge in [-0.2, -0.15) is 0 Å². The molecule has 0 saturated carbocycles. The van der Waals surface area contributed by atoms with Crippen LogP contribution in [0.15, 0.2) is 72.9 Å². The fourth-order valence-electron chi connectivity index (χ4n) is 10.7. The number of nitrogens with one attached hydrogen (secondary N) is 1.